The second kappa shape index (κ2) is 6.11. The highest BCUT2D eigenvalue weighted by Gasteiger charge is 2.43. The maximum atomic E-state index is 11.9. The molecular weight excluding hydrogens is 274 g/mol. The van der Waals surface area contributed by atoms with Gasteiger partial charge < -0.3 is 18.8 Å². The fourth-order valence-electron chi connectivity index (χ4n) is 3.09. The first-order valence-electron chi connectivity index (χ1n) is 7.45. The minimum atomic E-state index is 0.0546. The molecule has 2 aliphatic heterocycles. The van der Waals surface area contributed by atoms with Gasteiger partial charge in [0.2, 0.25) is 17.7 Å². The Morgan fingerprint density at radius 1 is 1.43 bits per heavy atom. The third-order valence-corrected chi connectivity index (χ3v) is 4.07. The molecule has 1 amide bonds. The van der Waals surface area contributed by atoms with Crippen LogP contribution in [0.4, 0.5) is 0 Å². The molecule has 21 heavy (non-hydrogen) atoms. The number of carbonyl (C=O) groups excluding carboxylic acids is 1. The lowest BCUT2D eigenvalue weighted by molar-refractivity contribution is -0.135. The summed E-state index contributed by atoms with van der Waals surface area (Å²) in [6.07, 6.45) is 1.83. The van der Waals surface area contributed by atoms with E-state index < -0.39 is 0 Å². The second-order valence-electron chi connectivity index (χ2n) is 5.65. The third-order valence-electron chi connectivity index (χ3n) is 4.07. The van der Waals surface area contributed by atoms with Crippen molar-refractivity contribution in [2.24, 2.45) is 5.92 Å². The molecule has 1 aromatic rings. The molecule has 0 radical (unpaired) electrons. The fraction of sp³-hybridized carbons (Fsp3) is 0.786. The Morgan fingerprint density at radius 2 is 2.29 bits per heavy atom. The molecule has 116 valence electrons. The number of rotatable bonds is 5. The Kier molecular flexibility index (Phi) is 4.21. The topological polar surface area (TPSA) is 77.7 Å². The van der Waals surface area contributed by atoms with Crippen molar-refractivity contribution in [3.8, 4) is 0 Å². The number of aryl methyl sites for hydroxylation is 1. The summed E-state index contributed by atoms with van der Waals surface area (Å²) in [5, 5.41) is 7.83. The number of nitrogens with zero attached hydrogens (tertiary/aromatic N) is 3. The standard InChI is InChI=1S/C14H21N3O4/c1-3-19-8-14(18)17-6-10-4-11(21-12(10)7-17)5-13-16-15-9(2)20-13/h10-12H,3-8H2,1-2H3/t10-,11+,12+/m0/s1. The molecule has 0 saturated carbocycles. The highest BCUT2D eigenvalue weighted by Crippen LogP contribution is 2.34. The molecule has 0 bridgehead atoms. The van der Waals surface area contributed by atoms with E-state index in [9.17, 15) is 4.79 Å². The summed E-state index contributed by atoms with van der Waals surface area (Å²) >= 11 is 0. The molecule has 3 heterocycles. The lowest BCUT2D eigenvalue weighted by Gasteiger charge is -2.18. The van der Waals surface area contributed by atoms with Crippen molar-refractivity contribution in [3.05, 3.63) is 11.8 Å². The average molecular weight is 295 g/mol. The van der Waals surface area contributed by atoms with Crippen molar-refractivity contribution in [1.29, 1.82) is 0 Å². The van der Waals surface area contributed by atoms with Crippen molar-refractivity contribution in [1.82, 2.24) is 15.1 Å². The molecule has 0 N–H and O–H groups in total. The lowest BCUT2D eigenvalue weighted by atomic mass is 10.0. The number of hydrogen-bond acceptors (Lipinski definition) is 6. The van der Waals surface area contributed by atoms with Crippen LogP contribution in [0.25, 0.3) is 0 Å². The van der Waals surface area contributed by atoms with Gasteiger partial charge in [-0.3, -0.25) is 4.79 Å². The van der Waals surface area contributed by atoms with Crippen molar-refractivity contribution in [3.63, 3.8) is 0 Å². The molecule has 3 rings (SSSR count). The van der Waals surface area contributed by atoms with Gasteiger partial charge in [-0.15, -0.1) is 10.2 Å². The number of likely N-dealkylation sites (tertiary alicyclic amines) is 1. The summed E-state index contributed by atoms with van der Waals surface area (Å²) in [7, 11) is 0. The molecular formula is C14H21N3O4. The highest BCUT2D eigenvalue weighted by molar-refractivity contribution is 5.77. The Labute approximate surface area is 123 Å². The Bertz CT molecular complexity index is 490. The number of hydrogen-bond donors (Lipinski definition) is 0. The van der Waals surface area contributed by atoms with E-state index in [0.29, 0.717) is 37.3 Å². The monoisotopic (exact) mass is 295 g/mol. The van der Waals surface area contributed by atoms with Gasteiger partial charge in [0.15, 0.2) is 0 Å². The smallest absolute Gasteiger partial charge is 0.248 e. The van der Waals surface area contributed by atoms with Gasteiger partial charge >= 0.3 is 0 Å². The minimum absolute atomic E-state index is 0.0546. The van der Waals surface area contributed by atoms with E-state index in [0.717, 1.165) is 13.0 Å². The zero-order valence-corrected chi connectivity index (χ0v) is 12.4. The summed E-state index contributed by atoms with van der Waals surface area (Å²) < 4.78 is 16.6. The van der Waals surface area contributed by atoms with Gasteiger partial charge in [0.1, 0.15) is 6.61 Å². The van der Waals surface area contributed by atoms with Gasteiger partial charge in [-0.1, -0.05) is 0 Å². The van der Waals surface area contributed by atoms with Crippen LogP contribution in [0.15, 0.2) is 4.42 Å². The largest absolute Gasteiger partial charge is 0.426 e. The molecule has 0 aliphatic carbocycles. The van der Waals surface area contributed by atoms with Crippen molar-refractivity contribution in [2.45, 2.75) is 38.9 Å². The number of aromatic nitrogens is 2. The summed E-state index contributed by atoms with van der Waals surface area (Å²) in [6, 6.07) is 0. The summed E-state index contributed by atoms with van der Waals surface area (Å²) in [5.74, 6) is 1.67. The van der Waals surface area contributed by atoms with Crippen LogP contribution in [0.5, 0.6) is 0 Å². The highest BCUT2D eigenvalue weighted by atomic mass is 16.5. The Hall–Kier alpha value is -1.47. The molecule has 7 heteroatoms. The Balaban J connectivity index is 1.48. The van der Waals surface area contributed by atoms with Crippen molar-refractivity contribution >= 4 is 5.91 Å². The maximum absolute atomic E-state index is 11.9. The predicted molar refractivity (Wildman–Crippen MR) is 72.6 cm³/mol. The van der Waals surface area contributed by atoms with Crippen LogP contribution in [-0.2, 0) is 20.7 Å². The van der Waals surface area contributed by atoms with Crippen LogP contribution >= 0.6 is 0 Å². The van der Waals surface area contributed by atoms with Crippen LogP contribution < -0.4 is 0 Å². The number of carbonyl (C=O) groups is 1. The lowest BCUT2D eigenvalue weighted by Crippen LogP contribution is -2.34. The van der Waals surface area contributed by atoms with E-state index in [2.05, 4.69) is 10.2 Å². The molecule has 2 fully saturated rings. The number of ether oxygens (including phenoxy) is 2. The van der Waals surface area contributed by atoms with Crippen LogP contribution in [0.2, 0.25) is 0 Å². The van der Waals surface area contributed by atoms with Gasteiger partial charge in [-0.2, -0.15) is 0 Å². The molecule has 2 saturated heterocycles. The first-order valence-corrected chi connectivity index (χ1v) is 7.45. The van der Waals surface area contributed by atoms with Gasteiger partial charge in [0, 0.05) is 32.5 Å². The maximum Gasteiger partial charge on any atom is 0.248 e. The average Bonchev–Trinajstić information content (AvgIpc) is 3.11. The summed E-state index contributed by atoms with van der Waals surface area (Å²) in [6.45, 7) is 5.82. The van der Waals surface area contributed by atoms with Crippen molar-refractivity contribution in [2.75, 3.05) is 26.3 Å². The van der Waals surface area contributed by atoms with Crippen LogP contribution in [0.1, 0.15) is 25.1 Å². The van der Waals surface area contributed by atoms with E-state index in [1.54, 1.807) is 6.92 Å². The molecule has 7 nitrogen and oxygen atoms in total. The minimum Gasteiger partial charge on any atom is -0.426 e. The number of fused-ring (bicyclic) bond motifs is 1. The van der Waals surface area contributed by atoms with Crippen LogP contribution in [0.3, 0.4) is 0 Å². The van der Waals surface area contributed by atoms with E-state index in [1.807, 2.05) is 11.8 Å². The fourth-order valence-corrected chi connectivity index (χ4v) is 3.09. The summed E-state index contributed by atoms with van der Waals surface area (Å²) in [4.78, 5) is 13.8. The van der Waals surface area contributed by atoms with Crippen LogP contribution in [-0.4, -0.2) is 59.5 Å². The quantitative estimate of drug-likeness (QED) is 0.790. The van der Waals surface area contributed by atoms with E-state index in [4.69, 9.17) is 13.9 Å². The normalized spacial score (nSPS) is 28.1. The van der Waals surface area contributed by atoms with E-state index >= 15 is 0 Å². The molecule has 0 unspecified atom stereocenters. The van der Waals surface area contributed by atoms with E-state index in [-0.39, 0.29) is 24.7 Å². The molecule has 2 aliphatic rings. The molecule has 1 aromatic heterocycles. The first-order chi connectivity index (χ1) is 10.2. The predicted octanol–water partition coefficient (Wildman–Crippen LogP) is 0.573. The molecule has 0 spiro atoms. The first kappa shape index (κ1) is 14.5. The van der Waals surface area contributed by atoms with Gasteiger partial charge in [-0.25, -0.2) is 0 Å². The SMILES string of the molecule is CCOCC(=O)N1C[C@@H]2C[C@H](Cc3nnc(C)o3)O[C@@H]2C1. The van der Waals surface area contributed by atoms with Crippen molar-refractivity contribution < 1.29 is 18.7 Å². The third kappa shape index (κ3) is 3.24. The zero-order valence-electron chi connectivity index (χ0n) is 12.4. The molecule has 0 aromatic carbocycles. The Morgan fingerprint density at radius 3 is 2.95 bits per heavy atom. The van der Waals surface area contributed by atoms with Gasteiger partial charge in [0.05, 0.1) is 18.6 Å². The van der Waals surface area contributed by atoms with Crippen LogP contribution in [0, 0.1) is 12.8 Å². The summed E-state index contributed by atoms with van der Waals surface area (Å²) in [5.41, 5.74) is 0. The molecule has 3 atom stereocenters. The zero-order chi connectivity index (χ0) is 14.8. The van der Waals surface area contributed by atoms with E-state index in [1.165, 1.54) is 0 Å². The van der Waals surface area contributed by atoms with Gasteiger partial charge in [0.25, 0.3) is 0 Å². The number of amides is 1. The second-order valence-corrected chi connectivity index (χ2v) is 5.65. The van der Waals surface area contributed by atoms with Gasteiger partial charge in [-0.05, 0) is 13.3 Å².